The number of hydrogen-bond acceptors (Lipinski definition) is 5. The fourth-order valence-corrected chi connectivity index (χ4v) is 5.21. The third-order valence-electron chi connectivity index (χ3n) is 5.85. The lowest BCUT2D eigenvalue weighted by atomic mass is 10.1. The molecule has 0 bridgehead atoms. The Kier molecular flexibility index (Phi) is 6.00. The molecule has 0 saturated carbocycles. The maximum absolute atomic E-state index is 13.1. The summed E-state index contributed by atoms with van der Waals surface area (Å²) in [6, 6.07) is 17.6. The van der Waals surface area contributed by atoms with Crippen molar-refractivity contribution in [1.29, 1.82) is 0 Å². The van der Waals surface area contributed by atoms with Crippen LogP contribution in [-0.2, 0) is 6.54 Å². The summed E-state index contributed by atoms with van der Waals surface area (Å²) in [4.78, 5) is 21.0. The number of likely N-dealkylation sites (tertiary alicyclic amines) is 1. The molecule has 0 radical (unpaired) electrons. The second kappa shape index (κ2) is 9.06. The van der Waals surface area contributed by atoms with Crippen LogP contribution in [-0.4, -0.2) is 40.7 Å². The van der Waals surface area contributed by atoms with Crippen molar-refractivity contribution in [3.8, 4) is 16.2 Å². The standard InChI is InChI=1S/C25H24ClN3O2S/c1-28-11-9-20(10-12-28)31-21-4-2-3-17(13-21)15-29-16-27-22-14-23(32-24(22)25(29)30)18-5-7-19(26)8-6-18/h2-8,13-14,16,20H,9-12,15H2,1H3. The van der Waals surface area contributed by atoms with Gasteiger partial charge < -0.3 is 9.64 Å². The van der Waals surface area contributed by atoms with Gasteiger partial charge in [-0.15, -0.1) is 11.3 Å². The highest BCUT2D eigenvalue weighted by atomic mass is 35.5. The molecule has 7 heteroatoms. The van der Waals surface area contributed by atoms with Crippen molar-refractivity contribution in [3.63, 3.8) is 0 Å². The van der Waals surface area contributed by atoms with Crippen molar-refractivity contribution in [2.45, 2.75) is 25.5 Å². The van der Waals surface area contributed by atoms with Crippen LogP contribution in [0.25, 0.3) is 20.7 Å². The lowest BCUT2D eigenvalue weighted by molar-refractivity contribution is 0.114. The van der Waals surface area contributed by atoms with Gasteiger partial charge in [0.25, 0.3) is 5.56 Å². The molecule has 1 saturated heterocycles. The molecular formula is C25H24ClN3O2S. The Hall–Kier alpha value is -2.67. The van der Waals surface area contributed by atoms with Crippen molar-refractivity contribution in [2.75, 3.05) is 20.1 Å². The number of rotatable bonds is 5. The molecule has 1 aliphatic heterocycles. The lowest BCUT2D eigenvalue weighted by Gasteiger charge is -2.29. The molecule has 4 aromatic rings. The SMILES string of the molecule is CN1CCC(Oc2cccc(Cn3cnc4cc(-c5ccc(Cl)cc5)sc4c3=O)c2)CC1. The van der Waals surface area contributed by atoms with Crippen LogP contribution in [0.5, 0.6) is 5.75 Å². The number of halogens is 1. The monoisotopic (exact) mass is 465 g/mol. The number of nitrogens with zero attached hydrogens (tertiary/aromatic N) is 3. The van der Waals surface area contributed by atoms with Crippen LogP contribution in [0.15, 0.2) is 65.7 Å². The van der Waals surface area contributed by atoms with Crippen LogP contribution in [0, 0.1) is 0 Å². The van der Waals surface area contributed by atoms with E-state index < -0.39 is 0 Å². The molecule has 5 rings (SSSR count). The van der Waals surface area contributed by atoms with Crippen molar-refractivity contribution in [2.24, 2.45) is 0 Å². The Morgan fingerprint density at radius 1 is 1.12 bits per heavy atom. The molecule has 0 atom stereocenters. The van der Waals surface area contributed by atoms with E-state index >= 15 is 0 Å². The van der Waals surface area contributed by atoms with E-state index in [-0.39, 0.29) is 11.7 Å². The molecule has 2 aromatic carbocycles. The van der Waals surface area contributed by atoms with Gasteiger partial charge in [-0.3, -0.25) is 9.36 Å². The average molecular weight is 466 g/mol. The minimum atomic E-state index is -0.0261. The molecule has 32 heavy (non-hydrogen) atoms. The van der Waals surface area contributed by atoms with E-state index in [2.05, 4.69) is 16.9 Å². The maximum Gasteiger partial charge on any atom is 0.271 e. The lowest BCUT2D eigenvalue weighted by Crippen LogP contribution is -2.35. The summed E-state index contributed by atoms with van der Waals surface area (Å²) >= 11 is 7.47. The highest BCUT2D eigenvalue weighted by Gasteiger charge is 2.18. The van der Waals surface area contributed by atoms with Gasteiger partial charge in [0.1, 0.15) is 16.6 Å². The Labute approximate surface area is 195 Å². The second-order valence-electron chi connectivity index (χ2n) is 8.28. The summed E-state index contributed by atoms with van der Waals surface area (Å²) in [6.45, 7) is 2.58. The first kappa shape index (κ1) is 21.2. The zero-order valence-electron chi connectivity index (χ0n) is 17.8. The molecule has 164 valence electrons. The van der Waals surface area contributed by atoms with Crippen LogP contribution in [0.1, 0.15) is 18.4 Å². The maximum atomic E-state index is 13.1. The number of aromatic nitrogens is 2. The highest BCUT2D eigenvalue weighted by Crippen LogP contribution is 2.31. The molecule has 5 nitrogen and oxygen atoms in total. The van der Waals surface area contributed by atoms with E-state index in [0.717, 1.165) is 53.2 Å². The summed E-state index contributed by atoms with van der Waals surface area (Å²) in [5.74, 6) is 0.861. The molecular weight excluding hydrogens is 442 g/mol. The average Bonchev–Trinajstić information content (AvgIpc) is 3.23. The quantitative estimate of drug-likeness (QED) is 0.401. The zero-order chi connectivity index (χ0) is 22.1. The van der Waals surface area contributed by atoms with E-state index in [1.165, 1.54) is 11.3 Å². The molecule has 1 aliphatic rings. The first-order valence-electron chi connectivity index (χ1n) is 10.7. The number of hydrogen-bond donors (Lipinski definition) is 0. The van der Waals surface area contributed by atoms with Crippen LogP contribution >= 0.6 is 22.9 Å². The van der Waals surface area contributed by atoms with Gasteiger partial charge in [-0.1, -0.05) is 35.9 Å². The Morgan fingerprint density at radius 2 is 1.91 bits per heavy atom. The number of thiophene rings is 1. The summed E-state index contributed by atoms with van der Waals surface area (Å²) < 4.78 is 8.54. The first-order chi connectivity index (χ1) is 15.5. The van der Waals surface area contributed by atoms with E-state index in [1.54, 1.807) is 10.9 Å². The van der Waals surface area contributed by atoms with E-state index in [0.29, 0.717) is 16.3 Å². The molecule has 0 aliphatic carbocycles. The summed E-state index contributed by atoms with van der Waals surface area (Å²) in [7, 11) is 2.14. The van der Waals surface area contributed by atoms with E-state index in [1.807, 2.05) is 54.6 Å². The van der Waals surface area contributed by atoms with Crippen molar-refractivity contribution in [1.82, 2.24) is 14.5 Å². The Morgan fingerprint density at radius 3 is 2.69 bits per heavy atom. The van der Waals surface area contributed by atoms with Crippen LogP contribution < -0.4 is 10.3 Å². The molecule has 3 heterocycles. The second-order valence-corrected chi connectivity index (χ2v) is 9.77. The predicted octanol–water partition coefficient (Wildman–Crippen LogP) is 5.30. The number of ether oxygens (including phenoxy) is 1. The van der Waals surface area contributed by atoms with Gasteiger partial charge in [0, 0.05) is 23.0 Å². The molecule has 0 N–H and O–H groups in total. The van der Waals surface area contributed by atoms with Gasteiger partial charge in [-0.25, -0.2) is 4.98 Å². The number of benzene rings is 2. The number of fused-ring (bicyclic) bond motifs is 1. The minimum Gasteiger partial charge on any atom is -0.490 e. The van der Waals surface area contributed by atoms with Crippen LogP contribution in [0.3, 0.4) is 0 Å². The molecule has 0 spiro atoms. The third kappa shape index (κ3) is 4.58. The summed E-state index contributed by atoms with van der Waals surface area (Å²) in [5, 5.41) is 0.692. The van der Waals surface area contributed by atoms with Gasteiger partial charge in [-0.2, -0.15) is 0 Å². The largest absolute Gasteiger partial charge is 0.490 e. The first-order valence-corrected chi connectivity index (χ1v) is 11.9. The highest BCUT2D eigenvalue weighted by molar-refractivity contribution is 7.22. The van der Waals surface area contributed by atoms with Gasteiger partial charge in [0.05, 0.1) is 18.4 Å². The predicted molar refractivity (Wildman–Crippen MR) is 131 cm³/mol. The summed E-state index contributed by atoms with van der Waals surface area (Å²) in [5.41, 5.74) is 2.75. The molecule has 2 aromatic heterocycles. The topological polar surface area (TPSA) is 47.4 Å². The Balaban J connectivity index is 1.36. The van der Waals surface area contributed by atoms with Gasteiger partial charge in [0.15, 0.2) is 0 Å². The van der Waals surface area contributed by atoms with Gasteiger partial charge in [0.2, 0.25) is 0 Å². The normalized spacial score (nSPS) is 15.3. The van der Waals surface area contributed by atoms with E-state index in [4.69, 9.17) is 16.3 Å². The minimum absolute atomic E-state index is 0.0261. The fourth-order valence-electron chi connectivity index (χ4n) is 4.02. The third-order valence-corrected chi connectivity index (χ3v) is 7.27. The van der Waals surface area contributed by atoms with E-state index in [9.17, 15) is 4.79 Å². The van der Waals surface area contributed by atoms with Gasteiger partial charge in [-0.05, 0) is 61.3 Å². The zero-order valence-corrected chi connectivity index (χ0v) is 19.4. The van der Waals surface area contributed by atoms with Crippen molar-refractivity contribution >= 4 is 33.2 Å². The van der Waals surface area contributed by atoms with Crippen molar-refractivity contribution < 1.29 is 4.74 Å². The van der Waals surface area contributed by atoms with Crippen LogP contribution in [0.4, 0.5) is 0 Å². The van der Waals surface area contributed by atoms with Crippen molar-refractivity contribution in [3.05, 3.63) is 81.9 Å². The van der Waals surface area contributed by atoms with Crippen LogP contribution in [0.2, 0.25) is 5.02 Å². The number of piperidine rings is 1. The summed E-state index contributed by atoms with van der Waals surface area (Å²) in [6.07, 6.45) is 3.96. The smallest absolute Gasteiger partial charge is 0.271 e. The molecule has 0 unspecified atom stereocenters. The fraction of sp³-hybridized carbons (Fsp3) is 0.280. The Bertz CT molecular complexity index is 1290. The van der Waals surface area contributed by atoms with Gasteiger partial charge >= 0.3 is 0 Å². The molecule has 1 fully saturated rings. The molecule has 0 amide bonds.